The summed E-state index contributed by atoms with van der Waals surface area (Å²) in [6, 6.07) is 18.8. The minimum absolute atomic E-state index is 0. The molecular formula is C18H20BrNOS. The van der Waals surface area contributed by atoms with E-state index >= 15 is 0 Å². The van der Waals surface area contributed by atoms with Crippen LogP contribution in [0.3, 0.4) is 0 Å². The average molecular weight is 378 g/mol. The summed E-state index contributed by atoms with van der Waals surface area (Å²) in [6.07, 6.45) is 1.06. The molecule has 22 heavy (non-hydrogen) atoms. The van der Waals surface area contributed by atoms with E-state index < -0.39 is 0 Å². The van der Waals surface area contributed by atoms with Gasteiger partial charge in [-0.2, -0.15) is 0 Å². The normalized spacial score (nSPS) is 11.9. The summed E-state index contributed by atoms with van der Waals surface area (Å²) < 4.78 is 6.34. The van der Waals surface area contributed by atoms with Gasteiger partial charge in [0.05, 0.1) is 0 Å². The summed E-state index contributed by atoms with van der Waals surface area (Å²) >= 11 is 1.75. The zero-order valence-electron chi connectivity index (χ0n) is 12.5. The molecule has 0 bridgehead atoms. The quantitative estimate of drug-likeness (QED) is 0.636. The summed E-state index contributed by atoms with van der Waals surface area (Å²) in [4.78, 5) is 1.28. The number of thiophene rings is 1. The molecule has 3 rings (SSSR count). The smallest absolute Gasteiger partial charge is 0.134 e. The van der Waals surface area contributed by atoms with Gasteiger partial charge in [0.2, 0.25) is 0 Å². The Kier molecular flexibility index (Phi) is 6.43. The lowest BCUT2D eigenvalue weighted by Gasteiger charge is -2.19. The van der Waals surface area contributed by atoms with Gasteiger partial charge in [-0.15, -0.1) is 28.3 Å². The van der Waals surface area contributed by atoms with Gasteiger partial charge in [0.25, 0.3) is 0 Å². The van der Waals surface area contributed by atoms with E-state index in [-0.39, 0.29) is 23.1 Å². The lowest BCUT2D eigenvalue weighted by Crippen LogP contribution is -2.15. The highest BCUT2D eigenvalue weighted by Gasteiger charge is 2.15. The van der Waals surface area contributed by atoms with Crippen LogP contribution in [0.4, 0.5) is 0 Å². The molecule has 0 aliphatic carbocycles. The first-order chi connectivity index (χ1) is 10.4. The van der Waals surface area contributed by atoms with Crippen LogP contribution < -0.4 is 10.1 Å². The molecule has 1 heterocycles. The molecule has 1 aromatic heterocycles. The molecule has 0 saturated carbocycles. The summed E-state index contributed by atoms with van der Waals surface area (Å²) in [6.45, 7) is 0.938. The number of rotatable bonds is 6. The van der Waals surface area contributed by atoms with Crippen LogP contribution in [0.15, 0.2) is 60.0 Å². The summed E-state index contributed by atoms with van der Waals surface area (Å²) in [5, 5.41) is 7.70. The molecule has 0 saturated heterocycles. The van der Waals surface area contributed by atoms with E-state index in [1.54, 1.807) is 11.3 Å². The van der Waals surface area contributed by atoms with E-state index in [1.807, 2.05) is 7.05 Å². The number of fused-ring (bicyclic) bond motifs is 1. The zero-order valence-corrected chi connectivity index (χ0v) is 15.0. The first-order valence-electron chi connectivity index (χ1n) is 7.21. The average Bonchev–Trinajstić information content (AvgIpc) is 3.06. The first-order valence-corrected chi connectivity index (χ1v) is 8.09. The predicted molar refractivity (Wildman–Crippen MR) is 101 cm³/mol. The standard InChI is InChI=1S/C18H19NOS.BrH/c1-19-12-11-17(18-10-5-13-21-18)20-16-9-4-7-14-6-2-3-8-15(14)16;/h2-10,13,17,19H,11-12H2,1H3;1H/t17-;/m0./s1. The molecule has 4 heteroatoms. The van der Waals surface area contributed by atoms with E-state index in [0.717, 1.165) is 18.7 Å². The van der Waals surface area contributed by atoms with E-state index in [4.69, 9.17) is 4.74 Å². The van der Waals surface area contributed by atoms with Crippen molar-refractivity contribution in [2.45, 2.75) is 12.5 Å². The van der Waals surface area contributed by atoms with Crippen LogP contribution in [-0.4, -0.2) is 13.6 Å². The van der Waals surface area contributed by atoms with Crippen LogP contribution in [-0.2, 0) is 0 Å². The fourth-order valence-electron chi connectivity index (χ4n) is 2.46. The second-order valence-corrected chi connectivity index (χ2v) is 5.97. The van der Waals surface area contributed by atoms with Crippen molar-refractivity contribution in [1.29, 1.82) is 0 Å². The Bertz CT molecular complexity index is 694. The Morgan fingerprint density at radius 2 is 1.86 bits per heavy atom. The molecule has 0 spiro atoms. The van der Waals surface area contributed by atoms with Crippen molar-refractivity contribution in [3.05, 3.63) is 64.9 Å². The molecule has 0 radical (unpaired) electrons. The Morgan fingerprint density at radius 1 is 1.05 bits per heavy atom. The summed E-state index contributed by atoms with van der Waals surface area (Å²) in [5.74, 6) is 0.961. The third kappa shape index (κ3) is 3.88. The van der Waals surface area contributed by atoms with Crippen LogP contribution in [0.5, 0.6) is 5.75 Å². The lowest BCUT2D eigenvalue weighted by atomic mass is 10.1. The van der Waals surface area contributed by atoms with Gasteiger partial charge < -0.3 is 10.1 Å². The molecule has 116 valence electrons. The highest BCUT2D eigenvalue weighted by atomic mass is 79.9. The topological polar surface area (TPSA) is 21.3 Å². The van der Waals surface area contributed by atoms with Gasteiger partial charge in [0.1, 0.15) is 11.9 Å². The number of ether oxygens (including phenoxy) is 1. The van der Waals surface area contributed by atoms with Crippen molar-refractivity contribution in [3.8, 4) is 5.75 Å². The van der Waals surface area contributed by atoms with Crippen LogP contribution in [0.1, 0.15) is 17.4 Å². The van der Waals surface area contributed by atoms with Crippen molar-refractivity contribution in [2.75, 3.05) is 13.6 Å². The van der Waals surface area contributed by atoms with Crippen molar-refractivity contribution in [1.82, 2.24) is 5.32 Å². The number of halogens is 1. The van der Waals surface area contributed by atoms with Gasteiger partial charge in [0, 0.05) is 16.7 Å². The van der Waals surface area contributed by atoms with Gasteiger partial charge >= 0.3 is 0 Å². The molecule has 1 N–H and O–H groups in total. The van der Waals surface area contributed by atoms with Crippen molar-refractivity contribution in [3.63, 3.8) is 0 Å². The molecule has 2 aromatic carbocycles. The molecule has 0 unspecified atom stereocenters. The van der Waals surface area contributed by atoms with Crippen LogP contribution >= 0.6 is 28.3 Å². The summed E-state index contributed by atoms with van der Waals surface area (Å²) in [7, 11) is 1.98. The predicted octanol–water partition coefficient (Wildman–Crippen LogP) is 5.21. The Balaban J connectivity index is 0.00000176. The molecule has 0 fully saturated rings. The first kappa shape index (κ1) is 17.0. The maximum atomic E-state index is 6.34. The lowest BCUT2D eigenvalue weighted by molar-refractivity contribution is 0.201. The molecule has 0 amide bonds. The molecule has 0 aliphatic rings. The Labute approximate surface area is 145 Å². The zero-order chi connectivity index (χ0) is 14.5. The van der Waals surface area contributed by atoms with Crippen molar-refractivity contribution in [2.24, 2.45) is 0 Å². The van der Waals surface area contributed by atoms with Gasteiger partial charge in [-0.3, -0.25) is 0 Å². The molecule has 2 nitrogen and oxygen atoms in total. The number of benzene rings is 2. The highest BCUT2D eigenvalue weighted by molar-refractivity contribution is 8.93. The van der Waals surface area contributed by atoms with Crippen LogP contribution in [0, 0.1) is 0 Å². The fraction of sp³-hybridized carbons (Fsp3) is 0.222. The minimum Gasteiger partial charge on any atom is -0.484 e. The maximum absolute atomic E-state index is 6.34. The molecule has 1 atom stereocenters. The van der Waals surface area contributed by atoms with Gasteiger partial charge in [-0.05, 0) is 36.5 Å². The van der Waals surface area contributed by atoms with Crippen molar-refractivity contribution < 1.29 is 4.74 Å². The van der Waals surface area contributed by atoms with E-state index in [0.29, 0.717) is 0 Å². The molecule has 0 aliphatic heterocycles. The van der Waals surface area contributed by atoms with E-state index in [1.165, 1.54) is 15.6 Å². The third-order valence-electron chi connectivity index (χ3n) is 3.54. The van der Waals surface area contributed by atoms with Gasteiger partial charge in [-0.1, -0.05) is 42.5 Å². The SMILES string of the molecule is Br.CNCC[C@H](Oc1cccc2ccccc12)c1cccs1. The van der Waals surface area contributed by atoms with Crippen molar-refractivity contribution >= 4 is 39.1 Å². The number of hydrogen-bond acceptors (Lipinski definition) is 3. The largest absolute Gasteiger partial charge is 0.484 e. The monoisotopic (exact) mass is 377 g/mol. The number of nitrogens with one attached hydrogen (secondary N) is 1. The maximum Gasteiger partial charge on any atom is 0.134 e. The van der Waals surface area contributed by atoms with Crippen LogP contribution in [0.25, 0.3) is 10.8 Å². The van der Waals surface area contributed by atoms with Gasteiger partial charge in [0.15, 0.2) is 0 Å². The molecule has 3 aromatic rings. The molecular weight excluding hydrogens is 358 g/mol. The Hall–Kier alpha value is -1.36. The second kappa shape index (κ2) is 8.32. The van der Waals surface area contributed by atoms with E-state index in [9.17, 15) is 0 Å². The minimum atomic E-state index is 0. The highest BCUT2D eigenvalue weighted by Crippen LogP contribution is 2.32. The summed E-state index contributed by atoms with van der Waals surface area (Å²) in [5.41, 5.74) is 0. The third-order valence-corrected chi connectivity index (χ3v) is 4.50. The Morgan fingerprint density at radius 3 is 2.64 bits per heavy atom. The second-order valence-electron chi connectivity index (χ2n) is 4.99. The number of hydrogen-bond donors (Lipinski definition) is 1. The van der Waals surface area contributed by atoms with Gasteiger partial charge in [-0.25, -0.2) is 0 Å². The van der Waals surface area contributed by atoms with E-state index in [2.05, 4.69) is 65.3 Å². The fourth-order valence-corrected chi connectivity index (χ4v) is 3.25. The van der Waals surface area contributed by atoms with Crippen LogP contribution in [0.2, 0.25) is 0 Å².